The van der Waals surface area contributed by atoms with Gasteiger partial charge in [0.2, 0.25) is 0 Å². The van der Waals surface area contributed by atoms with Crippen LogP contribution in [0, 0.1) is 5.82 Å². The first-order valence-electron chi connectivity index (χ1n) is 4.40. The molecule has 0 aliphatic heterocycles. The molecule has 0 fully saturated rings. The molecule has 0 aliphatic rings. The molecule has 2 aromatic rings. The number of nitrogens with zero attached hydrogens (tertiary/aromatic N) is 2. The van der Waals surface area contributed by atoms with Gasteiger partial charge in [0.15, 0.2) is 0 Å². The van der Waals surface area contributed by atoms with Crippen LogP contribution in [0.4, 0.5) is 4.39 Å². The second-order valence-electron chi connectivity index (χ2n) is 3.05. The predicted molar refractivity (Wildman–Crippen MR) is 56.4 cm³/mol. The number of hydrogen-bond acceptors (Lipinski definition) is 2. The maximum absolute atomic E-state index is 13.6. The van der Waals surface area contributed by atoms with E-state index in [2.05, 4.69) is 5.10 Å². The van der Waals surface area contributed by atoms with Crippen molar-refractivity contribution in [2.45, 2.75) is 6.54 Å². The van der Waals surface area contributed by atoms with Gasteiger partial charge >= 0.3 is 0 Å². The van der Waals surface area contributed by atoms with Gasteiger partial charge in [-0.3, -0.25) is 0 Å². The van der Waals surface area contributed by atoms with Crippen LogP contribution in [0.25, 0.3) is 5.69 Å². The van der Waals surface area contributed by atoms with Crippen LogP contribution in [-0.4, -0.2) is 9.78 Å². The molecule has 0 aliphatic carbocycles. The molecule has 0 atom stereocenters. The first-order valence-corrected chi connectivity index (χ1v) is 4.78. The molecule has 0 amide bonds. The summed E-state index contributed by atoms with van der Waals surface area (Å²) in [7, 11) is 0. The van der Waals surface area contributed by atoms with Crippen LogP contribution in [0.3, 0.4) is 0 Å². The second-order valence-corrected chi connectivity index (χ2v) is 3.49. The Kier molecular flexibility index (Phi) is 2.70. The summed E-state index contributed by atoms with van der Waals surface area (Å²) >= 11 is 5.72. The fraction of sp³-hybridized carbons (Fsp3) is 0.100. The Hall–Kier alpha value is -1.39. The maximum Gasteiger partial charge on any atom is 0.149 e. The second kappa shape index (κ2) is 4.00. The number of para-hydroxylation sites is 1. The lowest BCUT2D eigenvalue weighted by atomic mass is 10.1. The number of aromatic nitrogens is 2. The molecule has 0 saturated carbocycles. The topological polar surface area (TPSA) is 43.8 Å². The molecule has 0 radical (unpaired) electrons. The fourth-order valence-corrected chi connectivity index (χ4v) is 1.54. The average Bonchev–Trinajstić information content (AvgIpc) is 2.64. The molecule has 0 bridgehead atoms. The van der Waals surface area contributed by atoms with Gasteiger partial charge in [-0.25, -0.2) is 9.07 Å². The van der Waals surface area contributed by atoms with Crippen LogP contribution in [0.1, 0.15) is 5.56 Å². The van der Waals surface area contributed by atoms with E-state index in [4.69, 9.17) is 17.3 Å². The summed E-state index contributed by atoms with van der Waals surface area (Å²) in [5, 5.41) is 4.40. The van der Waals surface area contributed by atoms with Gasteiger partial charge in [0, 0.05) is 12.7 Å². The molecule has 2 N–H and O–H groups in total. The minimum Gasteiger partial charge on any atom is -0.326 e. The number of rotatable bonds is 2. The van der Waals surface area contributed by atoms with Crippen LogP contribution >= 0.6 is 11.6 Å². The molecule has 1 heterocycles. The molecule has 0 unspecified atom stereocenters. The van der Waals surface area contributed by atoms with Crippen LogP contribution in [0.5, 0.6) is 0 Å². The van der Waals surface area contributed by atoms with E-state index in [0.29, 0.717) is 16.3 Å². The minimum atomic E-state index is -0.363. The van der Waals surface area contributed by atoms with Gasteiger partial charge in [0.05, 0.1) is 11.2 Å². The lowest BCUT2D eigenvalue weighted by Gasteiger charge is -2.08. The molecule has 1 aromatic carbocycles. The van der Waals surface area contributed by atoms with Gasteiger partial charge < -0.3 is 5.73 Å². The van der Waals surface area contributed by atoms with Gasteiger partial charge in [-0.1, -0.05) is 23.7 Å². The lowest BCUT2D eigenvalue weighted by molar-refractivity contribution is 0.607. The Morgan fingerprint density at radius 2 is 2.27 bits per heavy atom. The molecular formula is C10H9ClFN3. The molecule has 3 nitrogen and oxygen atoms in total. The first-order chi connectivity index (χ1) is 7.22. The number of nitrogens with two attached hydrogens (primary N) is 1. The van der Waals surface area contributed by atoms with Crippen LogP contribution in [0.2, 0.25) is 5.02 Å². The molecule has 2 rings (SSSR count). The summed E-state index contributed by atoms with van der Waals surface area (Å²) in [6.07, 6.45) is 2.99. The number of halogens is 2. The summed E-state index contributed by atoms with van der Waals surface area (Å²) in [5.74, 6) is -0.363. The van der Waals surface area contributed by atoms with Crippen molar-refractivity contribution < 1.29 is 4.39 Å². The van der Waals surface area contributed by atoms with Crippen LogP contribution in [-0.2, 0) is 6.54 Å². The smallest absolute Gasteiger partial charge is 0.149 e. The van der Waals surface area contributed by atoms with Crippen molar-refractivity contribution in [2.75, 3.05) is 0 Å². The highest BCUT2D eigenvalue weighted by molar-refractivity contribution is 6.30. The average molecular weight is 226 g/mol. The predicted octanol–water partition coefficient (Wildman–Crippen LogP) is 2.12. The number of benzene rings is 1. The Balaban J connectivity index is 2.60. The Labute approximate surface area is 91.3 Å². The van der Waals surface area contributed by atoms with Crippen LogP contribution < -0.4 is 5.73 Å². The monoisotopic (exact) mass is 225 g/mol. The summed E-state index contributed by atoms with van der Waals surface area (Å²) < 4.78 is 15.0. The van der Waals surface area contributed by atoms with E-state index in [-0.39, 0.29) is 12.4 Å². The van der Waals surface area contributed by atoms with Crippen molar-refractivity contribution in [3.8, 4) is 5.69 Å². The lowest BCUT2D eigenvalue weighted by Crippen LogP contribution is -2.07. The molecule has 1 aromatic heterocycles. The number of hydrogen-bond donors (Lipinski definition) is 1. The van der Waals surface area contributed by atoms with Gasteiger partial charge in [-0.05, 0) is 11.6 Å². The Morgan fingerprint density at radius 3 is 2.87 bits per heavy atom. The van der Waals surface area contributed by atoms with Crippen molar-refractivity contribution in [3.63, 3.8) is 0 Å². The normalized spacial score (nSPS) is 10.6. The third-order valence-corrected chi connectivity index (χ3v) is 2.27. The SMILES string of the molecule is NCc1cccc(F)c1-n1cc(Cl)cn1. The quantitative estimate of drug-likeness (QED) is 0.851. The van der Waals surface area contributed by atoms with Crippen molar-refractivity contribution in [3.05, 3.63) is 47.0 Å². The molecule has 0 spiro atoms. The highest BCUT2D eigenvalue weighted by atomic mass is 35.5. The molecular weight excluding hydrogens is 217 g/mol. The third-order valence-electron chi connectivity index (χ3n) is 2.07. The highest BCUT2D eigenvalue weighted by Gasteiger charge is 2.10. The molecule has 78 valence electrons. The van der Waals surface area contributed by atoms with E-state index in [1.165, 1.54) is 16.9 Å². The van der Waals surface area contributed by atoms with Crippen molar-refractivity contribution in [1.29, 1.82) is 0 Å². The standard InChI is InChI=1S/C10H9ClFN3/c11-8-5-14-15(6-8)10-7(4-13)2-1-3-9(10)12/h1-3,5-6H,4,13H2. The summed E-state index contributed by atoms with van der Waals surface area (Å²) in [6.45, 7) is 0.255. The van der Waals surface area contributed by atoms with E-state index in [9.17, 15) is 4.39 Å². The maximum atomic E-state index is 13.6. The van der Waals surface area contributed by atoms with E-state index >= 15 is 0 Å². The zero-order chi connectivity index (χ0) is 10.8. The third kappa shape index (κ3) is 1.86. The Morgan fingerprint density at radius 1 is 1.47 bits per heavy atom. The zero-order valence-corrected chi connectivity index (χ0v) is 8.58. The largest absolute Gasteiger partial charge is 0.326 e. The van der Waals surface area contributed by atoms with Crippen molar-refractivity contribution in [2.24, 2.45) is 5.73 Å². The summed E-state index contributed by atoms with van der Waals surface area (Å²) in [4.78, 5) is 0. The van der Waals surface area contributed by atoms with E-state index in [1.54, 1.807) is 18.3 Å². The van der Waals surface area contributed by atoms with Gasteiger partial charge in [-0.2, -0.15) is 5.10 Å². The van der Waals surface area contributed by atoms with E-state index in [1.807, 2.05) is 0 Å². The van der Waals surface area contributed by atoms with Gasteiger partial charge in [0.1, 0.15) is 11.5 Å². The molecule has 5 heteroatoms. The van der Waals surface area contributed by atoms with Gasteiger partial charge in [0.25, 0.3) is 0 Å². The first kappa shape index (κ1) is 10.1. The zero-order valence-electron chi connectivity index (χ0n) is 7.82. The van der Waals surface area contributed by atoms with Crippen molar-refractivity contribution >= 4 is 11.6 Å². The van der Waals surface area contributed by atoms with Crippen LogP contribution in [0.15, 0.2) is 30.6 Å². The van der Waals surface area contributed by atoms with Crippen molar-refractivity contribution in [1.82, 2.24) is 9.78 Å². The fourth-order valence-electron chi connectivity index (χ4n) is 1.40. The summed E-state index contributed by atoms with van der Waals surface area (Å²) in [6, 6.07) is 4.74. The highest BCUT2D eigenvalue weighted by Crippen LogP contribution is 2.19. The molecule has 0 saturated heterocycles. The minimum absolute atomic E-state index is 0.255. The van der Waals surface area contributed by atoms with Gasteiger partial charge in [-0.15, -0.1) is 0 Å². The van der Waals surface area contributed by atoms with E-state index < -0.39 is 0 Å². The Bertz CT molecular complexity index is 481. The summed E-state index contributed by atoms with van der Waals surface area (Å²) in [5.41, 5.74) is 6.57. The van der Waals surface area contributed by atoms with E-state index in [0.717, 1.165) is 0 Å². The molecule has 15 heavy (non-hydrogen) atoms.